The highest BCUT2D eigenvalue weighted by atomic mass is 19.2. The number of carbonyl (C=O) groups excluding carboxylic acids is 1. The predicted molar refractivity (Wildman–Crippen MR) is 59.7 cm³/mol. The first-order valence-electron chi connectivity index (χ1n) is 5.53. The summed E-state index contributed by atoms with van der Waals surface area (Å²) in [6, 6.07) is 3.69. The minimum Gasteiger partial charge on any atom is -0.337 e. The third-order valence-corrected chi connectivity index (χ3v) is 3.08. The number of likely N-dealkylation sites (N-methyl/N-ethyl adjacent to an activating group) is 1. The van der Waals surface area contributed by atoms with Crippen molar-refractivity contribution >= 4 is 5.91 Å². The second-order valence-electron chi connectivity index (χ2n) is 4.16. The van der Waals surface area contributed by atoms with Gasteiger partial charge in [-0.15, -0.1) is 0 Å². The highest BCUT2D eigenvalue weighted by Gasteiger charge is 2.26. The summed E-state index contributed by atoms with van der Waals surface area (Å²) in [6.45, 7) is 1.53. The van der Waals surface area contributed by atoms with Crippen LogP contribution in [0.3, 0.4) is 0 Å². The molecule has 0 aromatic heterocycles. The third-order valence-electron chi connectivity index (χ3n) is 3.08. The van der Waals surface area contributed by atoms with Crippen molar-refractivity contribution in [1.29, 1.82) is 0 Å². The van der Waals surface area contributed by atoms with E-state index in [9.17, 15) is 13.6 Å². The fourth-order valence-electron chi connectivity index (χ4n) is 1.99. The SMILES string of the molecule is CN(C(=O)c1cccc(F)c1F)[C@@H]1CCNC1. The summed E-state index contributed by atoms with van der Waals surface area (Å²) in [4.78, 5) is 13.5. The zero-order chi connectivity index (χ0) is 12.4. The lowest BCUT2D eigenvalue weighted by Crippen LogP contribution is -2.38. The Morgan fingerprint density at radius 1 is 1.47 bits per heavy atom. The molecule has 92 valence electrons. The first-order chi connectivity index (χ1) is 8.11. The molecule has 1 heterocycles. The van der Waals surface area contributed by atoms with E-state index in [-0.39, 0.29) is 11.6 Å². The molecule has 1 N–H and O–H groups in total. The van der Waals surface area contributed by atoms with Crippen molar-refractivity contribution in [2.75, 3.05) is 20.1 Å². The van der Waals surface area contributed by atoms with Gasteiger partial charge in [0.05, 0.1) is 5.56 Å². The largest absolute Gasteiger partial charge is 0.337 e. The van der Waals surface area contributed by atoms with Crippen LogP contribution in [0.2, 0.25) is 0 Å². The minimum atomic E-state index is -1.07. The van der Waals surface area contributed by atoms with E-state index in [2.05, 4.69) is 5.32 Å². The van der Waals surface area contributed by atoms with Crippen LogP contribution in [0.15, 0.2) is 18.2 Å². The summed E-state index contributed by atoms with van der Waals surface area (Å²) >= 11 is 0. The molecular formula is C12H14F2N2O. The molecule has 1 aromatic rings. The third kappa shape index (κ3) is 2.29. The molecule has 1 aliphatic heterocycles. The van der Waals surface area contributed by atoms with Crippen molar-refractivity contribution in [1.82, 2.24) is 10.2 Å². The molecule has 0 spiro atoms. The van der Waals surface area contributed by atoms with Crippen LogP contribution in [0.1, 0.15) is 16.8 Å². The van der Waals surface area contributed by atoms with E-state index in [0.29, 0.717) is 6.54 Å². The molecule has 17 heavy (non-hydrogen) atoms. The van der Waals surface area contributed by atoms with Gasteiger partial charge in [0.1, 0.15) is 0 Å². The van der Waals surface area contributed by atoms with Crippen molar-refractivity contribution in [3.8, 4) is 0 Å². The van der Waals surface area contributed by atoms with Crippen molar-refractivity contribution in [2.24, 2.45) is 0 Å². The van der Waals surface area contributed by atoms with Gasteiger partial charge in [0.2, 0.25) is 0 Å². The smallest absolute Gasteiger partial charge is 0.256 e. The van der Waals surface area contributed by atoms with Gasteiger partial charge in [-0.05, 0) is 25.1 Å². The molecule has 3 nitrogen and oxygen atoms in total. The van der Waals surface area contributed by atoms with Gasteiger partial charge in [-0.25, -0.2) is 8.78 Å². The van der Waals surface area contributed by atoms with Crippen molar-refractivity contribution in [2.45, 2.75) is 12.5 Å². The molecule has 0 bridgehead atoms. The zero-order valence-corrected chi connectivity index (χ0v) is 9.54. The highest BCUT2D eigenvalue weighted by molar-refractivity contribution is 5.94. The average Bonchev–Trinajstić information content (AvgIpc) is 2.84. The van der Waals surface area contributed by atoms with Crippen LogP contribution in [-0.4, -0.2) is 37.0 Å². The second kappa shape index (κ2) is 4.79. The predicted octanol–water partition coefficient (Wildman–Crippen LogP) is 1.40. The molecule has 0 radical (unpaired) electrons. The Kier molecular flexibility index (Phi) is 3.38. The van der Waals surface area contributed by atoms with Crippen molar-refractivity contribution in [3.63, 3.8) is 0 Å². The van der Waals surface area contributed by atoms with Crippen LogP contribution in [-0.2, 0) is 0 Å². The van der Waals surface area contributed by atoms with Gasteiger partial charge in [0, 0.05) is 19.6 Å². The van der Waals surface area contributed by atoms with Crippen LogP contribution in [0, 0.1) is 11.6 Å². The number of amides is 1. The average molecular weight is 240 g/mol. The van der Waals surface area contributed by atoms with Crippen molar-refractivity contribution < 1.29 is 13.6 Å². The van der Waals surface area contributed by atoms with E-state index in [1.807, 2.05) is 0 Å². The topological polar surface area (TPSA) is 32.3 Å². The Labute approximate surface area is 98.4 Å². The van der Waals surface area contributed by atoms with Crippen LogP contribution < -0.4 is 5.32 Å². The first kappa shape index (κ1) is 12.0. The van der Waals surface area contributed by atoms with E-state index in [1.54, 1.807) is 7.05 Å². The second-order valence-corrected chi connectivity index (χ2v) is 4.16. The lowest BCUT2D eigenvalue weighted by Gasteiger charge is -2.24. The fourth-order valence-corrected chi connectivity index (χ4v) is 1.99. The molecule has 1 saturated heterocycles. The van der Waals surface area contributed by atoms with Crippen LogP contribution in [0.4, 0.5) is 8.78 Å². The number of hydrogen-bond acceptors (Lipinski definition) is 2. The Morgan fingerprint density at radius 2 is 2.24 bits per heavy atom. The Morgan fingerprint density at radius 3 is 2.88 bits per heavy atom. The van der Waals surface area contributed by atoms with Crippen molar-refractivity contribution in [3.05, 3.63) is 35.4 Å². The fraction of sp³-hybridized carbons (Fsp3) is 0.417. The van der Waals surface area contributed by atoms with Crippen LogP contribution >= 0.6 is 0 Å². The summed E-state index contributed by atoms with van der Waals surface area (Å²) in [5.74, 6) is -2.54. The van der Waals surface area contributed by atoms with E-state index < -0.39 is 17.5 Å². The van der Waals surface area contributed by atoms with Gasteiger partial charge in [-0.2, -0.15) is 0 Å². The maximum absolute atomic E-state index is 13.5. The van der Waals surface area contributed by atoms with Crippen LogP contribution in [0.25, 0.3) is 0 Å². The number of halogens is 2. The van der Waals surface area contributed by atoms with Gasteiger partial charge in [0.25, 0.3) is 5.91 Å². The van der Waals surface area contributed by atoms with Gasteiger partial charge < -0.3 is 10.2 Å². The quantitative estimate of drug-likeness (QED) is 0.847. The summed E-state index contributed by atoms with van der Waals surface area (Å²) in [5, 5.41) is 3.12. The van der Waals surface area contributed by atoms with Gasteiger partial charge >= 0.3 is 0 Å². The van der Waals surface area contributed by atoms with E-state index in [1.165, 1.54) is 17.0 Å². The molecule has 1 aliphatic rings. The number of nitrogens with zero attached hydrogens (tertiary/aromatic N) is 1. The molecule has 1 aromatic carbocycles. The molecule has 0 saturated carbocycles. The molecule has 1 fully saturated rings. The monoisotopic (exact) mass is 240 g/mol. The van der Waals surface area contributed by atoms with E-state index >= 15 is 0 Å². The lowest BCUT2D eigenvalue weighted by molar-refractivity contribution is 0.0738. The minimum absolute atomic E-state index is 0.0465. The van der Waals surface area contributed by atoms with Gasteiger partial charge in [-0.3, -0.25) is 4.79 Å². The van der Waals surface area contributed by atoms with Crippen LogP contribution in [0.5, 0.6) is 0 Å². The number of benzene rings is 1. The highest BCUT2D eigenvalue weighted by Crippen LogP contribution is 2.16. The maximum Gasteiger partial charge on any atom is 0.256 e. The molecule has 0 unspecified atom stereocenters. The normalized spacial score (nSPS) is 19.4. The van der Waals surface area contributed by atoms with Gasteiger partial charge in [0.15, 0.2) is 11.6 Å². The Hall–Kier alpha value is -1.49. The summed E-state index contributed by atoms with van der Waals surface area (Å²) in [7, 11) is 1.62. The molecule has 2 rings (SSSR count). The van der Waals surface area contributed by atoms with Gasteiger partial charge in [-0.1, -0.05) is 6.07 Å². The number of nitrogens with one attached hydrogen (secondary N) is 1. The Bertz CT molecular complexity index is 431. The summed E-state index contributed by atoms with van der Waals surface area (Å²) in [6.07, 6.45) is 0.833. The molecule has 0 aliphatic carbocycles. The number of hydrogen-bond donors (Lipinski definition) is 1. The Balaban J connectivity index is 2.21. The summed E-state index contributed by atoms with van der Waals surface area (Å²) in [5.41, 5.74) is -0.209. The van der Waals surface area contributed by atoms with E-state index in [4.69, 9.17) is 0 Å². The molecule has 1 amide bonds. The standard InChI is InChI=1S/C12H14F2N2O/c1-16(8-5-6-15-7-8)12(17)9-3-2-4-10(13)11(9)14/h2-4,8,15H,5-7H2,1H3/t8-/m1/s1. The molecular weight excluding hydrogens is 226 g/mol. The molecule has 5 heteroatoms. The number of carbonyl (C=O) groups is 1. The van der Waals surface area contributed by atoms with E-state index in [0.717, 1.165) is 19.0 Å². The molecule has 1 atom stereocenters. The first-order valence-corrected chi connectivity index (χ1v) is 5.53. The lowest BCUT2D eigenvalue weighted by atomic mass is 10.1. The number of rotatable bonds is 2. The maximum atomic E-state index is 13.5. The summed E-state index contributed by atoms with van der Waals surface area (Å²) < 4.78 is 26.5. The zero-order valence-electron chi connectivity index (χ0n) is 9.54.